The average Bonchev–Trinajstić information content (AvgIpc) is 2.79. The summed E-state index contributed by atoms with van der Waals surface area (Å²) in [4.78, 5) is 16.1. The lowest BCUT2D eigenvalue weighted by atomic mass is 10.1. The summed E-state index contributed by atoms with van der Waals surface area (Å²) in [6.07, 6.45) is -0.622. The van der Waals surface area contributed by atoms with E-state index in [1.165, 1.54) is 5.56 Å². The molecule has 0 bridgehead atoms. The molecule has 6 nitrogen and oxygen atoms in total. The number of hydrogen-bond donors (Lipinski definition) is 1. The number of ether oxygens (including phenoxy) is 2. The summed E-state index contributed by atoms with van der Waals surface area (Å²) < 4.78 is 11.2. The van der Waals surface area contributed by atoms with E-state index in [-0.39, 0.29) is 18.4 Å². The Labute approximate surface area is 185 Å². The first kappa shape index (κ1) is 23.4. The first-order valence-corrected chi connectivity index (χ1v) is 11.0. The van der Waals surface area contributed by atoms with Crippen LogP contribution in [0, 0.1) is 0 Å². The molecule has 1 fully saturated rings. The molecular weight excluding hydrogens is 392 g/mol. The van der Waals surface area contributed by atoms with Crippen LogP contribution in [0.3, 0.4) is 0 Å². The van der Waals surface area contributed by atoms with Gasteiger partial charge in [-0.15, -0.1) is 0 Å². The van der Waals surface area contributed by atoms with E-state index in [9.17, 15) is 9.90 Å². The molecule has 1 heterocycles. The van der Waals surface area contributed by atoms with Gasteiger partial charge in [-0.3, -0.25) is 14.6 Å². The predicted molar refractivity (Wildman–Crippen MR) is 122 cm³/mol. The van der Waals surface area contributed by atoms with Crippen LogP contribution in [0.25, 0.3) is 0 Å². The summed E-state index contributed by atoms with van der Waals surface area (Å²) in [5.41, 5.74) is 1.88. The van der Waals surface area contributed by atoms with Gasteiger partial charge >= 0.3 is 0 Å². The zero-order valence-electron chi connectivity index (χ0n) is 18.6. The van der Waals surface area contributed by atoms with E-state index in [1.54, 1.807) is 31.2 Å². The summed E-state index contributed by atoms with van der Waals surface area (Å²) in [7, 11) is 0. The summed E-state index contributed by atoms with van der Waals surface area (Å²) in [5.74, 6) is 0.678. The van der Waals surface area contributed by atoms with Gasteiger partial charge in [-0.2, -0.15) is 0 Å². The van der Waals surface area contributed by atoms with Gasteiger partial charge in [-0.1, -0.05) is 30.3 Å². The van der Waals surface area contributed by atoms with Gasteiger partial charge in [0.2, 0.25) is 0 Å². The minimum atomic E-state index is -0.622. The fourth-order valence-electron chi connectivity index (χ4n) is 3.79. The molecule has 1 N–H and O–H groups in total. The average molecular weight is 427 g/mol. The number of carbonyl (C=O) groups is 1. The SMILES string of the molecule is CC(=O)c1ccc(OCC(O)CN(Cc2ccccc2)C(C)CN2CCOCC2)cc1. The minimum absolute atomic E-state index is 0.0254. The van der Waals surface area contributed by atoms with Gasteiger partial charge in [0.05, 0.1) is 13.2 Å². The normalized spacial score (nSPS) is 16.8. The molecule has 1 saturated heterocycles. The van der Waals surface area contributed by atoms with Gasteiger partial charge in [0.25, 0.3) is 0 Å². The Bertz CT molecular complexity index is 791. The highest BCUT2D eigenvalue weighted by atomic mass is 16.5. The molecule has 31 heavy (non-hydrogen) atoms. The van der Waals surface area contributed by atoms with Crippen molar-refractivity contribution in [2.24, 2.45) is 0 Å². The molecule has 0 spiro atoms. The van der Waals surface area contributed by atoms with Crippen molar-refractivity contribution in [3.63, 3.8) is 0 Å². The van der Waals surface area contributed by atoms with Crippen LogP contribution in [0.2, 0.25) is 0 Å². The lowest BCUT2D eigenvalue weighted by Crippen LogP contribution is -2.48. The quantitative estimate of drug-likeness (QED) is 0.558. The van der Waals surface area contributed by atoms with Gasteiger partial charge in [0, 0.05) is 44.3 Å². The topological polar surface area (TPSA) is 62.2 Å². The Balaban J connectivity index is 1.57. The van der Waals surface area contributed by atoms with Gasteiger partial charge in [-0.25, -0.2) is 0 Å². The number of aliphatic hydroxyl groups is 1. The van der Waals surface area contributed by atoms with Crippen LogP contribution in [0.5, 0.6) is 5.75 Å². The van der Waals surface area contributed by atoms with Crippen molar-refractivity contribution in [3.8, 4) is 5.75 Å². The third-order valence-electron chi connectivity index (χ3n) is 5.63. The Morgan fingerprint density at radius 2 is 1.81 bits per heavy atom. The molecule has 0 aliphatic carbocycles. The fraction of sp³-hybridized carbons (Fsp3) is 0.480. The number of benzene rings is 2. The molecule has 0 amide bonds. The van der Waals surface area contributed by atoms with Crippen LogP contribution in [-0.4, -0.2) is 78.8 Å². The largest absolute Gasteiger partial charge is 0.491 e. The molecule has 0 aromatic heterocycles. The standard InChI is InChI=1S/C25H34N2O4/c1-20(16-26-12-14-30-15-13-26)27(17-22-6-4-3-5-7-22)18-24(29)19-31-25-10-8-23(9-11-25)21(2)28/h3-11,20,24,29H,12-19H2,1-2H3. The van der Waals surface area contributed by atoms with Crippen LogP contribution in [0.1, 0.15) is 29.8 Å². The maximum Gasteiger partial charge on any atom is 0.159 e. The molecule has 0 radical (unpaired) electrons. The molecule has 2 aromatic carbocycles. The Morgan fingerprint density at radius 3 is 2.45 bits per heavy atom. The van der Waals surface area contributed by atoms with Gasteiger partial charge in [-0.05, 0) is 43.7 Å². The number of nitrogens with zero attached hydrogens (tertiary/aromatic N) is 2. The third-order valence-corrected chi connectivity index (χ3v) is 5.63. The van der Waals surface area contributed by atoms with E-state index in [0.717, 1.165) is 39.4 Å². The van der Waals surface area contributed by atoms with E-state index in [1.807, 2.05) is 18.2 Å². The molecule has 3 rings (SSSR count). The van der Waals surface area contributed by atoms with Crippen molar-refractivity contribution >= 4 is 5.78 Å². The van der Waals surface area contributed by atoms with Crippen molar-refractivity contribution in [3.05, 3.63) is 65.7 Å². The third kappa shape index (κ3) is 7.74. The summed E-state index contributed by atoms with van der Waals surface area (Å²) in [6, 6.07) is 17.7. The lowest BCUT2D eigenvalue weighted by molar-refractivity contribution is 0.0110. The van der Waals surface area contributed by atoms with Crippen LogP contribution < -0.4 is 4.74 Å². The number of morpholine rings is 1. The molecule has 6 heteroatoms. The van der Waals surface area contributed by atoms with Crippen LogP contribution in [-0.2, 0) is 11.3 Å². The molecule has 168 valence electrons. The second kappa shape index (κ2) is 12.0. The maximum atomic E-state index is 11.4. The Hall–Kier alpha value is -2.25. The number of carbonyl (C=O) groups excluding carboxylic acids is 1. The monoisotopic (exact) mass is 426 g/mol. The number of ketones is 1. The van der Waals surface area contributed by atoms with Crippen LogP contribution in [0.4, 0.5) is 0 Å². The summed E-state index contributed by atoms with van der Waals surface area (Å²) >= 11 is 0. The molecule has 1 aliphatic heterocycles. The Morgan fingerprint density at radius 1 is 1.13 bits per heavy atom. The lowest BCUT2D eigenvalue weighted by Gasteiger charge is -2.36. The number of Topliss-reactive ketones (excluding diaryl/α,β-unsaturated/α-hetero) is 1. The van der Waals surface area contributed by atoms with Crippen molar-refractivity contribution in [2.75, 3.05) is 46.0 Å². The van der Waals surface area contributed by atoms with Gasteiger partial charge in [0.1, 0.15) is 18.5 Å². The molecular formula is C25H34N2O4. The molecule has 2 atom stereocenters. The minimum Gasteiger partial charge on any atom is -0.491 e. The second-order valence-corrected chi connectivity index (χ2v) is 8.22. The highest BCUT2D eigenvalue weighted by molar-refractivity contribution is 5.94. The first-order valence-electron chi connectivity index (χ1n) is 11.0. The highest BCUT2D eigenvalue weighted by Gasteiger charge is 2.22. The molecule has 2 unspecified atom stereocenters. The number of hydrogen-bond acceptors (Lipinski definition) is 6. The fourth-order valence-corrected chi connectivity index (χ4v) is 3.79. The van der Waals surface area contributed by atoms with E-state index in [4.69, 9.17) is 9.47 Å². The molecule has 0 saturated carbocycles. The van der Waals surface area contributed by atoms with E-state index in [2.05, 4.69) is 28.9 Å². The van der Waals surface area contributed by atoms with E-state index < -0.39 is 6.10 Å². The Kier molecular flexibility index (Phi) is 9.03. The zero-order chi connectivity index (χ0) is 22.1. The van der Waals surface area contributed by atoms with Crippen molar-refractivity contribution in [1.82, 2.24) is 9.80 Å². The highest BCUT2D eigenvalue weighted by Crippen LogP contribution is 2.15. The summed E-state index contributed by atoms with van der Waals surface area (Å²) in [6.45, 7) is 9.66. The van der Waals surface area contributed by atoms with Crippen molar-refractivity contribution < 1.29 is 19.4 Å². The van der Waals surface area contributed by atoms with E-state index in [0.29, 0.717) is 17.9 Å². The first-order chi connectivity index (χ1) is 15.0. The smallest absolute Gasteiger partial charge is 0.159 e. The van der Waals surface area contributed by atoms with Crippen molar-refractivity contribution in [1.29, 1.82) is 0 Å². The van der Waals surface area contributed by atoms with Gasteiger partial charge < -0.3 is 14.6 Å². The predicted octanol–water partition coefficient (Wildman–Crippen LogP) is 2.85. The number of rotatable bonds is 11. The van der Waals surface area contributed by atoms with Crippen molar-refractivity contribution in [2.45, 2.75) is 32.5 Å². The molecule has 1 aliphatic rings. The summed E-state index contributed by atoms with van der Waals surface area (Å²) in [5, 5.41) is 10.7. The maximum absolute atomic E-state index is 11.4. The molecule has 2 aromatic rings. The zero-order valence-corrected chi connectivity index (χ0v) is 18.6. The second-order valence-electron chi connectivity index (χ2n) is 8.22. The van der Waals surface area contributed by atoms with Crippen LogP contribution >= 0.6 is 0 Å². The van der Waals surface area contributed by atoms with E-state index >= 15 is 0 Å². The van der Waals surface area contributed by atoms with Gasteiger partial charge in [0.15, 0.2) is 5.78 Å². The van der Waals surface area contributed by atoms with Crippen LogP contribution in [0.15, 0.2) is 54.6 Å². The number of aliphatic hydroxyl groups excluding tert-OH is 1.